The molecule has 0 aliphatic rings. The van der Waals surface area contributed by atoms with Crippen molar-refractivity contribution in [2.24, 2.45) is 0 Å². The third-order valence-electron chi connectivity index (χ3n) is 2.08. The first-order valence-electron chi connectivity index (χ1n) is 4.54. The molecule has 9 heteroatoms. The van der Waals surface area contributed by atoms with Crippen molar-refractivity contribution in [3.05, 3.63) is 26.6 Å². The second kappa shape index (κ2) is 4.54. The zero-order chi connectivity index (χ0) is 13.5. The van der Waals surface area contributed by atoms with Crippen LogP contribution in [0.5, 0.6) is 0 Å². The van der Waals surface area contributed by atoms with Crippen molar-refractivity contribution >= 4 is 38.7 Å². The van der Waals surface area contributed by atoms with Crippen LogP contribution in [-0.4, -0.2) is 21.2 Å². The van der Waals surface area contributed by atoms with Crippen molar-refractivity contribution in [3.8, 4) is 0 Å². The molecule has 2 aromatic rings. The molecule has 0 aliphatic heterocycles. The molecule has 2 heterocycles. The normalized spacial score (nSPS) is 12.1. The quantitative estimate of drug-likeness (QED) is 0.641. The van der Waals surface area contributed by atoms with Crippen LogP contribution in [0.4, 0.5) is 13.2 Å². The Hall–Kier alpha value is -1.09. The van der Waals surface area contributed by atoms with E-state index in [1.165, 1.54) is 11.8 Å². The molecule has 4 nitrogen and oxygen atoms in total. The second-order valence-corrected chi connectivity index (χ2v) is 4.91. The van der Waals surface area contributed by atoms with E-state index in [1.807, 2.05) is 0 Å². The van der Waals surface area contributed by atoms with Crippen LogP contribution in [0.1, 0.15) is 5.69 Å². The summed E-state index contributed by atoms with van der Waals surface area (Å²) >= 11 is 3.96. The Morgan fingerprint density at radius 2 is 2.06 bits per heavy atom. The van der Waals surface area contributed by atoms with E-state index in [1.54, 1.807) is 6.26 Å². The van der Waals surface area contributed by atoms with Crippen molar-refractivity contribution in [1.82, 2.24) is 15.0 Å². The molecule has 0 radical (unpaired) electrons. The molecule has 0 fully saturated rings. The topological polar surface area (TPSA) is 58.6 Å². The summed E-state index contributed by atoms with van der Waals surface area (Å²) in [5.41, 5.74) is -2.05. The minimum absolute atomic E-state index is 0.114. The van der Waals surface area contributed by atoms with Gasteiger partial charge >= 0.3 is 6.18 Å². The van der Waals surface area contributed by atoms with E-state index in [-0.39, 0.29) is 15.5 Å². The number of rotatable bonds is 1. The first kappa shape index (κ1) is 13.3. The molecule has 0 spiro atoms. The average Bonchev–Trinajstić information content (AvgIpc) is 2.26. The van der Waals surface area contributed by atoms with E-state index in [2.05, 4.69) is 30.9 Å². The number of nitrogens with zero attached hydrogens (tertiary/aromatic N) is 2. The SMILES string of the molecule is CSc1nc2cc(Br)c(C(F)(F)F)nc2c(=O)[nH]1. The van der Waals surface area contributed by atoms with Gasteiger partial charge in [-0.1, -0.05) is 11.8 Å². The molecule has 0 saturated heterocycles. The highest BCUT2D eigenvalue weighted by Gasteiger charge is 2.35. The molecule has 96 valence electrons. The number of halogens is 4. The molecule has 0 unspecified atom stereocenters. The monoisotopic (exact) mass is 339 g/mol. The van der Waals surface area contributed by atoms with Gasteiger partial charge in [0.15, 0.2) is 16.4 Å². The van der Waals surface area contributed by atoms with Crippen molar-refractivity contribution in [2.45, 2.75) is 11.3 Å². The lowest BCUT2D eigenvalue weighted by atomic mass is 10.3. The number of alkyl halides is 3. The predicted molar refractivity (Wildman–Crippen MR) is 64.6 cm³/mol. The summed E-state index contributed by atoms with van der Waals surface area (Å²) in [6.45, 7) is 0. The van der Waals surface area contributed by atoms with E-state index in [9.17, 15) is 18.0 Å². The van der Waals surface area contributed by atoms with E-state index in [0.717, 1.165) is 6.07 Å². The Kier molecular flexibility index (Phi) is 3.37. The minimum Gasteiger partial charge on any atom is -0.300 e. The van der Waals surface area contributed by atoms with E-state index >= 15 is 0 Å². The lowest BCUT2D eigenvalue weighted by Crippen LogP contribution is -2.15. The van der Waals surface area contributed by atoms with Crippen LogP contribution in [-0.2, 0) is 6.18 Å². The molecule has 0 aliphatic carbocycles. The maximum atomic E-state index is 12.6. The Morgan fingerprint density at radius 1 is 1.39 bits per heavy atom. The summed E-state index contributed by atoms with van der Waals surface area (Å²) in [6, 6.07) is 1.14. The fourth-order valence-corrected chi connectivity index (χ4v) is 2.24. The molecule has 0 saturated carbocycles. The van der Waals surface area contributed by atoms with Crippen LogP contribution in [0.25, 0.3) is 11.0 Å². The van der Waals surface area contributed by atoms with Crippen LogP contribution in [0.15, 0.2) is 20.5 Å². The van der Waals surface area contributed by atoms with Crippen molar-refractivity contribution in [3.63, 3.8) is 0 Å². The standard InChI is InChI=1S/C9H5BrF3N3OS/c1-18-8-14-4-2-3(10)6(9(11,12)13)15-5(4)7(17)16-8/h2H,1H3,(H,14,16,17). The van der Waals surface area contributed by atoms with Gasteiger partial charge in [0.25, 0.3) is 5.56 Å². The van der Waals surface area contributed by atoms with Gasteiger partial charge in [-0.2, -0.15) is 13.2 Å². The molecule has 2 aromatic heterocycles. The highest BCUT2D eigenvalue weighted by molar-refractivity contribution is 9.10. The molecule has 2 rings (SSSR count). The predicted octanol–water partition coefficient (Wildman–Crippen LogP) is 2.82. The van der Waals surface area contributed by atoms with Gasteiger partial charge in [-0.05, 0) is 28.3 Å². The number of aromatic nitrogens is 3. The third kappa shape index (κ3) is 2.37. The van der Waals surface area contributed by atoms with Crippen LogP contribution >= 0.6 is 27.7 Å². The number of aromatic amines is 1. The minimum atomic E-state index is -4.63. The number of nitrogens with one attached hydrogen (secondary N) is 1. The second-order valence-electron chi connectivity index (χ2n) is 3.26. The third-order valence-corrected chi connectivity index (χ3v) is 3.26. The number of fused-ring (bicyclic) bond motifs is 1. The maximum absolute atomic E-state index is 12.6. The molecule has 0 amide bonds. The smallest absolute Gasteiger partial charge is 0.300 e. The van der Waals surface area contributed by atoms with Gasteiger partial charge in [0, 0.05) is 0 Å². The van der Waals surface area contributed by atoms with Crippen molar-refractivity contribution in [1.29, 1.82) is 0 Å². The molecule has 18 heavy (non-hydrogen) atoms. The van der Waals surface area contributed by atoms with E-state index in [0.29, 0.717) is 5.16 Å². The van der Waals surface area contributed by atoms with Gasteiger partial charge < -0.3 is 0 Å². The number of hydrogen-bond acceptors (Lipinski definition) is 4. The van der Waals surface area contributed by atoms with Gasteiger partial charge in [-0.15, -0.1) is 0 Å². The van der Waals surface area contributed by atoms with Gasteiger partial charge in [0.2, 0.25) is 0 Å². The lowest BCUT2D eigenvalue weighted by molar-refractivity contribution is -0.141. The van der Waals surface area contributed by atoms with Gasteiger partial charge in [0.05, 0.1) is 9.99 Å². The molecular weight excluding hydrogens is 335 g/mol. The summed E-state index contributed by atoms with van der Waals surface area (Å²) in [5, 5.41) is 0.320. The molecular formula is C9H5BrF3N3OS. The highest BCUT2D eigenvalue weighted by atomic mass is 79.9. The average molecular weight is 340 g/mol. The summed E-state index contributed by atoms with van der Waals surface area (Å²) in [4.78, 5) is 21.3. The number of H-pyrrole nitrogens is 1. The van der Waals surface area contributed by atoms with Crippen LogP contribution < -0.4 is 5.56 Å². The van der Waals surface area contributed by atoms with E-state index < -0.39 is 17.4 Å². The Labute approximate surface area is 111 Å². The lowest BCUT2D eigenvalue weighted by Gasteiger charge is -2.08. The number of pyridine rings is 1. The molecule has 0 aromatic carbocycles. The molecule has 1 N–H and O–H groups in total. The van der Waals surface area contributed by atoms with Crippen LogP contribution in [0, 0.1) is 0 Å². The fraction of sp³-hybridized carbons (Fsp3) is 0.222. The van der Waals surface area contributed by atoms with Gasteiger partial charge in [0.1, 0.15) is 0 Å². The first-order valence-corrected chi connectivity index (χ1v) is 6.56. The van der Waals surface area contributed by atoms with Gasteiger partial charge in [-0.25, -0.2) is 9.97 Å². The Balaban J connectivity index is 2.81. The van der Waals surface area contributed by atoms with Crippen LogP contribution in [0.3, 0.4) is 0 Å². The molecule has 0 bridgehead atoms. The fourth-order valence-electron chi connectivity index (χ4n) is 1.32. The van der Waals surface area contributed by atoms with Crippen molar-refractivity contribution in [2.75, 3.05) is 6.26 Å². The zero-order valence-electron chi connectivity index (χ0n) is 8.80. The highest BCUT2D eigenvalue weighted by Crippen LogP contribution is 2.34. The zero-order valence-corrected chi connectivity index (χ0v) is 11.2. The largest absolute Gasteiger partial charge is 0.434 e. The van der Waals surface area contributed by atoms with Crippen molar-refractivity contribution < 1.29 is 13.2 Å². The summed E-state index contributed by atoms with van der Waals surface area (Å²) in [5.74, 6) is 0. The summed E-state index contributed by atoms with van der Waals surface area (Å²) in [7, 11) is 0. The molecule has 0 atom stereocenters. The summed E-state index contributed by atoms with van der Waals surface area (Å²) < 4.78 is 37.6. The summed E-state index contributed by atoms with van der Waals surface area (Å²) in [6.07, 6.45) is -2.94. The van der Waals surface area contributed by atoms with E-state index in [4.69, 9.17) is 0 Å². The Bertz CT molecular complexity index is 670. The number of hydrogen-bond donors (Lipinski definition) is 1. The first-order chi connectivity index (χ1) is 8.32. The van der Waals surface area contributed by atoms with Gasteiger partial charge in [-0.3, -0.25) is 9.78 Å². The maximum Gasteiger partial charge on any atom is 0.434 e. The number of thioether (sulfide) groups is 1. The Morgan fingerprint density at radius 3 is 2.61 bits per heavy atom. The van der Waals surface area contributed by atoms with Crippen LogP contribution in [0.2, 0.25) is 0 Å².